The molecular formula is C14H14ClNO. The molecule has 0 bridgehead atoms. The van der Waals surface area contributed by atoms with Crippen LogP contribution in [0.2, 0.25) is 5.02 Å². The molecular weight excluding hydrogens is 234 g/mol. The fourth-order valence-corrected chi connectivity index (χ4v) is 2.54. The minimum atomic E-state index is 0.213. The van der Waals surface area contributed by atoms with Crippen molar-refractivity contribution in [1.29, 1.82) is 0 Å². The monoisotopic (exact) mass is 247 g/mol. The lowest BCUT2D eigenvalue weighted by Gasteiger charge is -2.28. The molecule has 0 radical (unpaired) electrons. The van der Waals surface area contributed by atoms with E-state index in [9.17, 15) is 0 Å². The van der Waals surface area contributed by atoms with E-state index in [1.807, 2.05) is 18.2 Å². The quantitative estimate of drug-likeness (QED) is 0.834. The number of fused-ring (bicyclic) bond motifs is 1. The Morgan fingerprint density at radius 2 is 2.00 bits per heavy atom. The third kappa shape index (κ3) is 1.99. The lowest BCUT2D eigenvalue weighted by atomic mass is 9.92. The number of hydrogen-bond acceptors (Lipinski definition) is 2. The second kappa shape index (κ2) is 4.21. The number of furan rings is 1. The Kier molecular flexibility index (Phi) is 2.69. The van der Waals surface area contributed by atoms with Gasteiger partial charge in [-0.1, -0.05) is 23.7 Å². The summed E-state index contributed by atoms with van der Waals surface area (Å²) in [6, 6.07) is 10.7. The molecule has 0 saturated heterocycles. The zero-order valence-corrected chi connectivity index (χ0v) is 10.4. The third-order valence-electron chi connectivity index (χ3n) is 3.24. The Bertz CT molecular complexity index is 517. The summed E-state index contributed by atoms with van der Waals surface area (Å²) >= 11 is 5.92. The van der Waals surface area contributed by atoms with Gasteiger partial charge in [0, 0.05) is 23.0 Å². The number of nitrogens with one attached hydrogen (secondary N) is 1. The minimum absolute atomic E-state index is 0.213. The summed E-state index contributed by atoms with van der Waals surface area (Å²) in [7, 11) is 0. The lowest BCUT2D eigenvalue weighted by molar-refractivity contribution is 0.400. The molecule has 2 nitrogen and oxygen atoms in total. The summed E-state index contributed by atoms with van der Waals surface area (Å²) < 4.78 is 5.54. The van der Waals surface area contributed by atoms with E-state index in [-0.39, 0.29) is 6.04 Å². The van der Waals surface area contributed by atoms with Crippen molar-refractivity contribution in [3.63, 3.8) is 0 Å². The van der Waals surface area contributed by atoms with Crippen molar-refractivity contribution >= 4 is 11.6 Å². The zero-order chi connectivity index (χ0) is 11.8. The second-order valence-corrected chi connectivity index (χ2v) is 4.99. The van der Waals surface area contributed by atoms with Crippen molar-refractivity contribution < 1.29 is 4.42 Å². The third-order valence-corrected chi connectivity index (χ3v) is 3.49. The van der Waals surface area contributed by atoms with Crippen molar-refractivity contribution in [2.24, 2.45) is 0 Å². The Hall–Kier alpha value is -1.25. The molecule has 3 rings (SSSR count). The molecule has 0 amide bonds. The van der Waals surface area contributed by atoms with Gasteiger partial charge < -0.3 is 9.73 Å². The molecule has 2 unspecified atom stereocenters. The van der Waals surface area contributed by atoms with Crippen molar-refractivity contribution in [2.45, 2.75) is 25.4 Å². The maximum atomic E-state index is 5.92. The van der Waals surface area contributed by atoms with Crippen LogP contribution in [0.4, 0.5) is 0 Å². The molecule has 2 heterocycles. The van der Waals surface area contributed by atoms with Gasteiger partial charge in [0.2, 0.25) is 0 Å². The standard InChI is InChI=1S/C14H14ClNO/c1-9-8-13-12(6-7-17-13)14(16-9)10-2-4-11(15)5-3-10/h2-7,9,14,16H,8H2,1H3. The first-order valence-corrected chi connectivity index (χ1v) is 6.19. The van der Waals surface area contributed by atoms with Gasteiger partial charge in [0.1, 0.15) is 5.76 Å². The van der Waals surface area contributed by atoms with Gasteiger partial charge in [0.25, 0.3) is 0 Å². The first-order valence-electron chi connectivity index (χ1n) is 5.82. The summed E-state index contributed by atoms with van der Waals surface area (Å²) in [5.74, 6) is 1.09. The molecule has 2 atom stereocenters. The summed E-state index contributed by atoms with van der Waals surface area (Å²) in [5.41, 5.74) is 2.47. The molecule has 0 aliphatic carbocycles. The average molecular weight is 248 g/mol. The molecule has 1 aliphatic rings. The number of halogens is 1. The van der Waals surface area contributed by atoms with Crippen LogP contribution in [0.25, 0.3) is 0 Å². The van der Waals surface area contributed by atoms with Crippen molar-refractivity contribution in [3.05, 3.63) is 58.5 Å². The van der Waals surface area contributed by atoms with Crippen LogP contribution in [-0.4, -0.2) is 6.04 Å². The van der Waals surface area contributed by atoms with Gasteiger partial charge in [-0.25, -0.2) is 0 Å². The predicted octanol–water partition coefficient (Wildman–Crippen LogP) is 3.56. The van der Waals surface area contributed by atoms with Crippen LogP contribution in [0.1, 0.15) is 29.9 Å². The van der Waals surface area contributed by atoms with E-state index in [2.05, 4.69) is 24.4 Å². The molecule has 17 heavy (non-hydrogen) atoms. The predicted molar refractivity (Wildman–Crippen MR) is 68.3 cm³/mol. The van der Waals surface area contributed by atoms with Crippen molar-refractivity contribution in [3.8, 4) is 0 Å². The maximum Gasteiger partial charge on any atom is 0.110 e. The highest BCUT2D eigenvalue weighted by atomic mass is 35.5. The van der Waals surface area contributed by atoms with Gasteiger partial charge in [0.05, 0.1) is 12.3 Å². The Morgan fingerprint density at radius 3 is 2.76 bits per heavy atom. The van der Waals surface area contributed by atoms with E-state index in [1.54, 1.807) is 6.26 Å². The molecule has 3 heteroatoms. The van der Waals surface area contributed by atoms with E-state index in [0.29, 0.717) is 6.04 Å². The van der Waals surface area contributed by atoms with Crippen molar-refractivity contribution in [1.82, 2.24) is 5.32 Å². The van der Waals surface area contributed by atoms with E-state index >= 15 is 0 Å². The van der Waals surface area contributed by atoms with E-state index < -0.39 is 0 Å². The smallest absolute Gasteiger partial charge is 0.110 e. The van der Waals surface area contributed by atoms with Crippen LogP contribution >= 0.6 is 11.6 Å². The summed E-state index contributed by atoms with van der Waals surface area (Å²) in [4.78, 5) is 0. The highest BCUT2D eigenvalue weighted by Crippen LogP contribution is 2.31. The molecule has 1 N–H and O–H groups in total. The average Bonchev–Trinajstić information content (AvgIpc) is 2.77. The van der Waals surface area contributed by atoms with Crippen LogP contribution in [0.5, 0.6) is 0 Å². The minimum Gasteiger partial charge on any atom is -0.469 e. The van der Waals surface area contributed by atoms with Crippen LogP contribution < -0.4 is 5.32 Å². The van der Waals surface area contributed by atoms with Crippen LogP contribution in [0.3, 0.4) is 0 Å². The molecule has 88 valence electrons. The number of benzene rings is 1. The highest BCUT2D eigenvalue weighted by Gasteiger charge is 2.27. The van der Waals surface area contributed by atoms with Gasteiger partial charge in [-0.3, -0.25) is 0 Å². The van der Waals surface area contributed by atoms with Gasteiger partial charge in [-0.15, -0.1) is 0 Å². The maximum absolute atomic E-state index is 5.92. The van der Waals surface area contributed by atoms with Gasteiger partial charge in [-0.2, -0.15) is 0 Å². The molecule has 0 spiro atoms. The Balaban J connectivity index is 2.01. The van der Waals surface area contributed by atoms with Crippen LogP contribution in [0.15, 0.2) is 41.0 Å². The SMILES string of the molecule is CC1Cc2occc2C(c2ccc(Cl)cc2)N1. The normalized spacial score (nSPS) is 23.4. The topological polar surface area (TPSA) is 25.2 Å². The molecule has 1 aliphatic heterocycles. The first-order chi connectivity index (χ1) is 8.24. The Labute approximate surface area is 106 Å². The zero-order valence-electron chi connectivity index (χ0n) is 9.61. The summed E-state index contributed by atoms with van der Waals surface area (Å²) in [6.45, 7) is 2.17. The van der Waals surface area contributed by atoms with E-state index in [1.165, 1.54) is 11.1 Å². The first kappa shape index (κ1) is 10.9. The fraction of sp³-hybridized carbons (Fsp3) is 0.286. The largest absolute Gasteiger partial charge is 0.469 e. The molecule has 1 aromatic heterocycles. The van der Waals surface area contributed by atoms with Crippen molar-refractivity contribution in [2.75, 3.05) is 0 Å². The second-order valence-electron chi connectivity index (χ2n) is 4.56. The highest BCUT2D eigenvalue weighted by molar-refractivity contribution is 6.30. The molecule has 2 aromatic rings. The Morgan fingerprint density at radius 1 is 1.24 bits per heavy atom. The molecule has 0 fully saturated rings. The number of rotatable bonds is 1. The number of hydrogen-bond donors (Lipinski definition) is 1. The van der Waals surface area contributed by atoms with Gasteiger partial charge >= 0.3 is 0 Å². The van der Waals surface area contributed by atoms with Crippen LogP contribution in [0, 0.1) is 0 Å². The van der Waals surface area contributed by atoms with E-state index in [0.717, 1.165) is 17.2 Å². The lowest BCUT2D eigenvalue weighted by Crippen LogP contribution is -2.37. The summed E-state index contributed by atoms with van der Waals surface area (Å²) in [6.07, 6.45) is 2.72. The summed E-state index contributed by atoms with van der Waals surface area (Å²) in [5, 5.41) is 4.36. The molecule has 0 saturated carbocycles. The van der Waals surface area contributed by atoms with E-state index in [4.69, 9.17) is 16.0 Å². The van der Waals surface area contributed by atoms with Gasteiger partial charge in [0.15, 0.2) is 0 Å². The van der Waals surface area contributed by atoms with Crippen LogP contribution in [-0.2, 0) is 6.42 Å². The fourth-order valence-electron chi connectivity index (χ4n) is 2.42. The van der Waals surface area contributed by atoms with Gasteiger partial charge in [-0.05, 0) is 30.7 Å². The molecule has 1 aromatic carbocycles.